The second kappa shape index (κ2) is 8.71. The molecule has 0 saturated carbocycles. The van der Waals surface area contributed by atoms with Gasteiger partial charge in [-0.25, -0.2) is 4.79 Å². The van der Waals surface area contributed by atoms with Gasteiger partial charge in [0.1, 0.15) is 0 Å². The zero-order valence-corrected chi connectivity index (χ0v) is 12.7. The van der Waals surface area contributed by atoms with Gasteiger partial charge in [0, 0.05) is 37.9 Å². The molecule has 0 spiro atoms. The molecule has 0 radical (unpaired) electrons. The standard InChI is InChI=1S/C14H26N4O2/c1-4-12-11-18(14(20)16-13(12)19)10-8-15-7-9-17(5-2)6-3/h11,15H,4-10H2,1-3H3,(H,16,19,20). The third-order valence-corrected chi connectivity index (χ3v) is 3.49. The minimum atomic E-state index is -0.335. The fourth-order valence-electron chi connectivity index (χ4n) is 2.07. The summed E-state index contributed by atoms with van der Waals surface area (Å²) >= 11 is 0. The lowest BCUT2D eigenvalue weighted by molar-refractivity contribution is 0.301. The number of nitrogens with zero attached hydrogens (tertiary/aromatic N) is 2. The van der Waals surface area contributed by atoms with Crippen molar-refractivity contribution in [2.45, 2.75) is 33.7 Å². The highest BCUT2D eigenvalue weighted by atomic mass is 16.2. The van der Waals surface area contributed by atoms with Gasteiger partial charge in [0.2, 0.25) is 0 Å². The number of nitrogens with one attached hydrogen (secondary N) is 2. The number of hydrogen-bond acceptors (Lipinski definition) is 4. The third-order valence-electron chi connectivity index (χ3n) is 3.49. The Bertz CT molecular complexity index is 503. The van der Waals surface area contributed by atoms with E-state index in [2.05, 4.69) is 29.0 Å². The lowest BCUT2D eigenvalue weighted by Gasteiger charge is -2.18. The van der Waals surface area contributed by atoms with Gasteiger partial charge in [0.15, 0.2) is 0 Å². The second-order valence-electron chi connectivity index (χ2n) is 4.74. The monoisotopic (exact) mass is 282 g/mol. The van der Waals surface area contributed by atoms with Gasteiger partial charge in [-0.05, 0) is 19.5 Å². The number of aromatic amines is 1. The molecule has 0 amide bonds. The lowest BCUT2D eigenvalue weighted by atomic mass is 10.3. The molecule has 0 bridgehead atoms. The van der Waals surface area contributed by atoms with E-state index < -0.39 is 0 Å². The van der Waals surface area contributed by atoms with Crippen LogP contribution in [-0.4, -0.2) is 47.2 Å². The Morgan fingerprint density at radius 1 is 1.20 bits per heavy atom. The van der Waals surface area contributed by atoms with Crippen LogP contribution in [0.2, 0.25) is 0 Å². The summed E-state index contributed by atoms with van der Waals surface area (Å²) in [6, 6.07) is 0. The summed E-state index contributed by atoms with van der Waals surface area (Å²) in [7, 11) is 0. The fourth-order valence-corrected chi connectivity index (χ4v) is 2.07. The van der Waals surface area contributed by atoms with Crippen LogP contribution < -0.4 is 16.6 Å². The zero-order chi connectivity index (χ0) is 15.0. The number of aryl methyl sites for hydroxylation is 1. The highest BCUT2D eigenvalue weighted by Crippen LogP contribution is 1.89. The first-order valence-electron chi connectivity index (χ1n) is 7.38. The Labute approximate surface area is 119 Å². The van der Waals surface area contributed by atoms with Gasteiger partial charge in [0.05, 0.1) is 0 Å². The maximum Gasteiger partial charge on any atom is 0.328 e. The van der Waals surface area contributed by atoms with E-state index in [1.165, 1.54) is 0 Å². The minimum absolute atomic E-state index is 0.275. The molecular weight excluding hydrogens is 256 g/mol. The Hall–Kier alpha value is -1.40. The molecule has 1 aromatic rings. The molecule has 0 aromatic carbocycles. The highest BCUT2D eigenvalue weighted by Gasteiger charge is 2.03. The first-order chi connectivity index (χ1) is 9.62. The Morgan fingerprint density at radius 3 is 2.50 bits per heavy atom. The molecule has 2 N–H and O–H groups in total. The van der Waals surface area contributed by atoms with E-state index in [0.29, 0.717) is 18.5 Å². The van der Waals surface area contributed by atoms with Crippen molar-refractivity contribution in [3.05, 3.63) is 32.6 Å². The van der Waals surface area contributed by atoms with Crippen molar-refractivity contribution in [1.29, 1.82) is 0 Å². The summed E-state index contributed by atoms with van der Waals surface area (Å²) in [6.45, 7) is 11.5. The normalized spacial score (nSPS) is 11.2. The van der Waals surface area contributed by atoms with Gasteiger partial charge < -0.3 is 10.2 Å². The van der Waals surface area contributed by atoms with Crippen LogP contribution in [0, 0.1) is 0 Å². The SMILES string of the molecule is CCc1cn(CCNCCN(CC)CC)c(=O)[nH]c1=O. The summed E-state index contributed by atoms with van der Waals surface area (Å²) in [5, 5.41) is 3.32. The van der Waals surface area contributed by atoms with Gasteiger partial charge in [-0.15, -0.1) is 0 Å². The van der Waals surface area contributed by atoms with Crippen LogP contribution in [-0.2, 0) is 13.0 Å². The largest absolute Gasteiger partial charge is 0.328 e. The van der Waals surface area contributed by atoms with Crippen LogP contribution in [0.1, 0.15) is 26.3 Å². The van der Waals surface area contributed by atoms with E-state index in [1.807, 2.05) is 6.92 Å². The van der Waals surface area contributed by atoms with Crippen molar-refractivity contribution >= 4 is 0 Å². The molecule has 0 aliphatic rings. The molecule has 0 aliphatic heterocycles. The number of H-pyrrole nitrogens is 1. The molecule has 1 heterocycles. The summed E-state index contributed by atoms with van der Waals surface area (Å²) in [6.07, 6.45) is 2.29. The van der Waals surface area contributed by atoms with E-state index in [-0.39, 0.29) is 11.2 Å². The predicted molar refractivity (Wildman–Crippen MR) is 81.4 cm³/mol. The fraction of sp³-hybridized carbons (Fsp3) is 0.714. The van der Waals surface area contributed by atoms with Gasteiger partial charge >= 0.3 is 5.69 Å². The van der Waals surface area contributed by atoms with Crippen molar-refractivity contribution in [1.82, 2.24) is 19.8 Å². The van der Waals surface area contributed by atoms with Crippen LogP contribution in [0.15, 0.2) is 15.8 Å². The zero-order valence-electron chi connectivity index (χ0n) is 12.7. The molecule has 0 fully saturated rings. The second-order valence-corrected chi connectivity index (χ2v) is 4.74. The molecule has 1 rings (SSSR count). The maximum atomic E-state index is 11.6. The van der Waals surface area contributed by atoms with E-state index in [1.54, 1.807) is 10.8 Å². The first kappa shape index (κ1) is 16.7. The molecule has 0 aliphatic carbocycles. The number of rotatable bonds is 9. The number of aromatic nitrogens is 2. The van der Waals surface area contributed by atoms with Gasteiger partial charge in [0.25, 0.3) is 5.56 Å². The topological polar surface area (TPSA) is 70.1 Å². The number of hydrogen-bond donors (Lipinski definition) is 2. The smallest absolute Gasteiger partial charge is 0.314 e. The van der Waals surface area contributed by atoms with E-state index in [9.17, 15) is 9.59 Å². The van der Waals surface area contributed by atoms with Crippen molar-refractivity contribution in [2.75, 3.05) is 32.7 Å². The van der Waals surface area contributed by atoms with Crippen LogP contribution in [0.5, 0.6) is 0 Å². The van der Waals surface area contributed by atoms with Gasteiger partial charge in [-0.2, -0.15) is 0 Å². The summed E-state index contributed by atoms with van der Waals surface area (Å²) in [5.41, 5.74) is 0.0359. The molecule has 114 valence electrons. The Morgan fingerprint density at radius 2 is 1.90 bits per heavy atom. The summed E-state index contributed by atoms with van der Waals surface area (Å²) < 4.78 is 1.56. The van der Waals surface area contributed by atoms with Crippen molar-refractivity contribution in [3.63, 3.8) is 0 Å². The quantitative estimate of drug-likeness (QED) is 0.627. The van der Waals surface area contributed by atoms with Crippen LogP contribution >= 0.6 is 0 Å². The van der Waals surface area contributed by atoms with Gasteiger partial charge in [-0.1, -0.05) is 20.8 Å². The van der Waals surface area contributed by atoms with Crippen LogP contribution in [0.4, 0.5) is 0 Å². The summed E-state index contributed by atoms with van der Waals surface area (Å²) in [5.74, 6) is 0. The minimum Gasteiger partial charge on any atom is -0.314 e. The van der Waals surface area contributed by atoms with E-state index in [0.717, 1.165) is 32.7 Å². The lowest BCUT2D eigenvalue weighted by Crippen LogP contribution is -2.36. The third kappa shape index (κ3) is 4.94. The molecule has 6 nitrogen and oxygen atoms in total. The maximum absolute atomic E-state index is 11.6. The van der Waals surface area contributed by atoms with Crippen molar-refractivity contribution < 1.29 is 0 Å². The predicted octanol–water partition coefficient (Wildman–Crippen LogP) is 0.0304. The van der Waals surface area contributed by atoms with Gasteiger partial charge in [-0.3, -0.25) is 14.3 Å². The molecule has 6 heteroatoms. The van der Waals surface area contributed by atoms with Crippen LogP contribution in [0.3, 0.4) is 0 Å². The highest BCUT2D eigenvalue weighted by molar-refractivity contribution is 5.03. The Balaban J connectivity index is 2.43. The summed E-state index contributed by atoms with van der Waals surface area (Å²) in [4.78, 5) is 27.8. The molecule has 0 unspecified atom stereocenters. The first-order valence-corrected chi connectivity index (χ1v) is 7.38. The molecule has 1 aromatic heterocycles. The van der Waals surface area contributed by atoms with Crippen molar-refractivity contribution in [3.8, 4) is 0 Å². The van der Waals surface area contributed by atoms with E-state index >= 15 is 0 Å². The van der Waals surface area contributed by atoms with Crippen molar-refractivity contribution in [2.24, 2.45) is 0 Å². The molecule has 0 saturated heterocycles. The number of likely N-dealkylation sites (N-methyl/N-ethyl adjacent to an activating group) is 1. The Kier molecular flexibility index (Phi) is 7.25. The van der Waals surface area contributed by atoms with Crippen LogP contribution in [0.25, 0.3) is 0 Å². The average molecular weight is 282 g/mol. The average Bonchev–Trinajstić information content (AvgIpc) is 2.45. The van der Waals surface area contributed by atoms with E-state index in [4.69, 9.17) is 0 Å². The molecule has 0 atom stereocenters. The molecular formula is C14H26N4O2. The molecule has 20 heavy (non-hydrogen) atoms.